The smallest absolute Gasteiger partial charge is 0.347 e. The summed E-state index contributed by atoms with van der Waals surface area (Å²) in [7, 11) is 1.84. The van der Waals surface area contributed by atoms with Gasteiger partial charge in [0.1, 0.15) is 13.6 Å². The largest absolute Gasteiger partial charge is 0.379 e. The van der Waals surface area contributed by atoms with Crippen LogP contribution >= 0.6 is 12.2 Å². The van der Waals surface area contributed by atoms with E-state index < -0.39 is 0 Å². The van der Waals surface area contributed by atoms with Crippen LogP contribution in [0.5, 0.6) is 0 Å². The molecule has 0 amide bonds. The normalized spacial score (nSPS) is 17.8. The number of H-pyrrole nitrogens is 1. The number of rotatable bonds is 4. The Bertz CT molecular complexity index is 381. The number of aromatic amines is 1. The van der Waals surface area contributed by atoms with Gasteiger partial charge in [-0.25, -0.2) is 0 Å². The van der Waals surface area contributed by atoms with Crippen LogP contribution in [-0.2, 0) is 18.3 Å². The van der Waals surface area contributed by atoms with Crippen molar-refractivity contribution in [2.75, 3.05) is 32.8 Å². The van der Waals surface area contributed by atoms with E-state index in [9.17, 15) is 0 Å². The summed E-state index contributed by atoms with van der Waals surface area (Å²) < 4.78 is 7.82. The van der Waals surface area contributed by atoms with Gasteiger partial charge in [0.15, 0.2) is 0 Å². The Kier molecular flexibility index (Phi) is 4.03. The molecular weight excluding hydrogens is 226 g/mol. The van der Waals surface area contributed by atoms with Gasteiger partial charge >= 0.3 is 4.77 Å². The lowest BCUT2D eigenvalue weighted by Gasteiger charge is -2.25. The van der Waals surface area contributed by atoms with E-state index in [2.05, 4.69) is 15.2 Å². The number of aryl methyl sites for hydroxylation is 2. The van der Waals surface area contributed by atoms with Gasteiger partial charge in [-0.15, -0.1) is 4.68 Å². The topological polar surface area (TPSA) is 50.0 Å². The maximum absolute atomic E-state index is 5.30. The van der Waals surface area contributed by atoms with Crippen molar-refractivity contribution < 1.29 is 9.53 Å². The first-order valence-electron chi connectivity index (χ1n) is 5.59. The minimum Gasteiger partial charge on any atom is -0.379 e. The number of nitrogens with one attached hydrogen (secondary N) is 1. The molecule has 1 aromatic rings. The van der Waals surface area contributed by atoms with Crippen LogP contribution in [0.4, 0.5) is 0 Å². The minimum absolute atomic E-state index is 0.615. The maximum atomic E-state index is 5.30. The minimum atomic E-state index is 0.615. The van der Waals surface area contributed by atoms with Crippen molar-refractivity contribution in [3.05, 3.63) is 4.77 Å². The molecule has 0 unspecified atom stereocenters. The number of nitrogens with zero attached hydrogens (tertiary/aromatic N) is 4. The highest BCUT2D eigenvalue weighted by Gasteiger charge is 2.11. The summed E-state index contributed by atoms with van der Waals surface area (Å²) in [5.41, 5.74) is 0. The molecule has 1 fully saturated rings. The van der Waals surface area contributed by atoms with E-state index in [1.807, 2.05) is 11.7 Å². The summed E-state index contributed by atoms with van der Waals surface area (Å²) in [4.78, 5) is 4.06. The zero-order valence-corrected chi connectivity index (χ0v) is 10.4. The highest BCUT2D eigenvalue weighted by atomic mass is 32.1. The lowest BCUT2D eigenvalue weighted by molar-refractivity contribution is -0.785. The molecule has 0 aromatic carbocycles. The molecule has 1 N–H and O–H groups in total. The molecule has 0 radical (unpaired) electrons. The lowest BCUT2D eigenvalue weighted by atomic mass is 10.3. The van der Waals surface area contributed by atoms with Gasteiger partial charge in [-0.3, -0.25) is 4.90 Å². The number of hydrogen-bond acceptors (Lipinski definition) is 4. The monoisotopic (exact) mass is 244 g/mol. The Morgan fingerprint density at radius 2 is 2.19 bits per heavy atom. The van der Waals surface area contributed by atoms with Crippen molar-refractivity contribution in [3.63, 3.8) is 0 Å². The molecule has 7 heteroatoms. The van der Waals surface area contributed by atoms with E-state index in [1.165, 1.54) is 0 Å². The highest BCUT2D eigenvalue weighted by Crippen LogP contribution is 1.99. The SMILES string of the molecule is C[n+]1nc(=S)n(CCCN2CCOCC2)[nH]1. The van der Waals surface area contributed by atoms with Crippen LogP contribution < -0.4 is 4.80 Å². The molecule has 0 bridgehead atoms. The predicted molar refractivity (Wildman–Crippen MR) is 60.5 cm³/mol. The molecule has 0 atom stereocenters. The van der Waals surface area contributed by atoms with Crippen molar-refractivity contribution in [2.24, 2.45) is 7.05 Å². The van der Waals surface area contributed by atoms with Crippen LogP contribution in [0.3, 0.4) is 0 Å². The van der Waals surface area contributed by atoms with Gasteiger partial charge in [0.2, 0.25) is 0 Å². The van der Waals surface area contributed by atoms with Crippen LogP contribution in [0.15, 0.2) is 0 Å². The molecular formula is C9H18N5OS+. The Morgan fingerprint density at radius 3 is 2.81 bits per heavy atom. The first-order chi connectivity index (χ1) is 7.75. The quantitative estimate of drug-likeness (QED) is 0.572. The summed E-state index contributed by atoms with van der Waals surface area (Å²) >= 11 is 5.11. The standard InChI is InChI=1S/C9H17N5OS/c1-12-10-9(16)14(11-12)4-2-3-13-5-7-15-8-6-13/h2-8H2,1H3/p+1. The molecule has 1 aliphatic heterocycles. The summed E-state index contributed by atoms with van der Waals surface area (Å²) in [6, 6.07) is 0. The predicted octanol–water partition coefficient (Wildman–Crippen LogP) is -0.513. The fourth-order valence-corrected chi connectivity index (χ4v) is 2.10. The van der Waals surface area contributed by atoms with Gasteiger partial charge in [0, 0.05) is 26.1 Å². The third-order valence-corrected chi connectivity index (χ3v) is 2.99. The molecule has 0 aliphatic carbocycles. The zero-order chi connectivity index (χ0) is 11.4. The van der Waals surface area contributed by atoms with Crippen LogP contribution in [0, 0.1) is 4.77 Å². The number of morpholine rings is 1. The van der Waals surface area contributed by atoms with E-state index in [0.717, 1.165) is 45.8 Å². The summed E-state index contributed by atoms with van der Waals surface area (Å²) in [5.74, 6) is 0. The van der Waals surface area contributed by atoms with Crippen LogP contribution in [-0.4, -0.2) is 52.7 Å². The van der Waals surface area contributed by atoms with Crippen molar-refractivity contribution in [2.45, 2.75) is 13.0 Å². The Morgan fingerprint density at radius 1 is 1.44 bits per heavy atom. The van der Waals surface area contributed by atoms with Crippen LogP contribution in [0.1, 0.15) is 6.42 Å². The molecule has 16 heavy (non-hydrogen) atoms. The van der Waals surface area contributed by atoms with Crippen LogP contribution in [0.2, 0.25) is 0 Å². The third-order valence-electron chi connectivity index (χ3n) is 2.69. The Hall–Kier alpha value is -0.790. The van der Waals surface area contributed by atoms with Gasteiger partial charge in [0.05, 0.1) is 13.2 Å². The summed E-state index contributed by atoms with van der Waals surface area (Å²) in [5, 5.41) is 7.14. The Labute approximate surface area is 99.8 Å². The van der Waals surface area contributed by atoms with Gasteiger partial charge in [0.25, 0.3) is 0 Å². The Balaban J connectivity index is 1.75. The molecule has 1 saturated heterocycles. The second-order valence-corrected chi connectivity index (χ2v) is 4.33. The second-order valence-electron chi connectivity index (χ2n) is 3.97. The maximum Gasteiger partial charge on any atom is 0.347 e. The van der Waals surface area contributed by atoms with E-state index in [1.54, 1.807) is 4.80 Å². The number of tetrazole rings is 1. The first-order valence-corrected chi connectivity index (χ1v) is 6.00. The van der Waals surface area contributed by atoms with E-state index in [-0.39, 0.29) is 0 Å². The zero-order valence-electron chi connectivity index (χ0n) is 9.56. The van der Waals surface area contributed by atoms with Gasteiger partial charge in [-0.1, -0.05) is 10.0 Å². The van der Waals surface area contributed by atoms with E-state index >= 15 is 0 Å². The molecule has 2 rings (SSSR count). The van der Waals surface area contributed by atoms with E-state index in [4.69, 9.17) is 17.0 Å². The molecule has 2 heterocycles. The highest BCUT2D eigenvalue weighted by molar-refractivity contribution is 7.71. The van der Waals surface area contributed by atoms with Crippen molar-refractivity contribution in [3.8, 4) is 0 Å². The van der Waals surface area contributed by atoms with Crippen LogP contribution in [0.25, 0.3) is 0 Å². The first kappa shape index (κ1) is 11.7. The number of hydrogen-bond donors (Lipinski definition) is 1. The molecule has 1 aromatic heterocycles. The van der Waals surface area contributed by atoms with Crippen molar-refractivity contribution in [1.82, 2.24) is 19.9 Å². The fourth-order valence-electron chi connectivity index (χ4n) is 1.84. The summed E-state index contributed by atoms with van der Waals surface area (Å²) in [6.45, 7) is 5.79. The van der Waals surface area contributed by atoms with Gasteiger partial charge in [-0.05, 0) is 17.3 Å². The average Bonchev–Trinajstić information content (AvgIpc) is 2.59. The molecule has 1 aliphatic rings. The van der Waals surface area contributed by atoms with Crippen molar-refractivity contribution in [1.29, 1.82) is 0 Å². The molecule has 0 spiro atoms. The molecule has 90 valence electrons. The summed E-state index contributed by atoms with van der Waals surface area (Å²) in [6.07, 6.45) is 1.08. The van der Waals surface area contributed by atoms with Crippen molar-refractivity contribution >= 4 is 12.2 Å². The van der Waals surface area contributed by atoms with Gasteiger partial charge in [-0.2, -0.15) is 0 Å². The number of ether oxygens (including phenoxy) is 1. The van der Waals surface area contributed by atoms with E-state index in [0.29, 0.717) is 4.77 Å². The average molecular weight is 244 g/mol. The molecule has 0 saturated carbocycles. The second kappa shape index (κ2) is 5.51. The third kappa shape index (κ3) is 3.10. The molecule has 6 nitrogen and oxygen atoms in total. The lowest BCUT2D eigenvalue weighted by Crippen LogP contribution is -2.37. The van der Waals surface area contributed by atoms with Gasteiger partial charge < -0.3 is 4.74 Å². The fraction of sp³-hybridized carbons (Fsp3) is 0.889. The number of aromatic nitrogens is 4.